The zero-order chi connectivity index (χ0) is 18.0. The standard InChI is InChI=1S/C21H20Cl2O2/c1-13(2)25-21(24)19-12-11-18(14-3-7-16(22)8-4-14)20(19)15-5-9-17(23)10-6-15/h3-10,12-13,18,20H,11H2,1-2H3/t18-,20+/m0/s1. The lowest BCUT2D eigenvalue weighted by Crippen LogP contribution is -2.19. The smallest absolute Gasteiger partial charge is 0.334 e. The molecule has 0 aromatic heterocycles. The van der Waals surface area contributed by atoms with Crippen molar-refractivity contribution in [3.63, 3.8) is 0 Å². The molecule has 0 heterocycles. The summed E-state index contributed by atoms with van der Waals surface area (Å²) in [6.45, 7) is 3.72. The molecule has 0 saturated carbocycles. The van der Waals surface area contributed by atoms with Gasteiger partial charge in [0.05, 0.1) is 6.10 Å². The minimum absolute atomic E-state index is 0.0512. The minimum Gasteiger partial charge on any atom is -0.460 e. The normalized spacial score (nSPS) is 19.8. The van der Waals surface area contributed by atoms with Crippen molar-refractivity contribution < 1.29 is 9.53 Å². The Kier molecular flexibility index (Phi) is 5.51. The lowest BCUT2D eigenvalue weighted by atomic mass is 9.80. The van der Waals surface area contributed by atoms with Gasteiger partial charge in [-0.15, -0.1) is 0 Å². The van der Waals surface area contributed by atoms with Crippen molar-refractivity contribution in [2.45, 2.75) is 38.2 Å². The molecule has 0 spiro atoms. The fraction of sp³-hybridized carbons (Fsp3) is 0.286. The van der Waals surface area contributed by atoms with Gasteiger partial charge in [0.15, 0.2) is 0 Å². The van der Waals surface area contributed by atoms with Gasteiger partial charge in [0.25, 0.3) is 0 Å². The van der Waals surface area contributed by atoms with Crippen LogP contribution in [0.25, 0.3) is 0 Å². The van der Waals surface area contributed by atoms with Crippen LogP contribution in [0.4, 0.5) is 0 Å². The summed E-state index contributed by atoms with van der Waals surface area (Å²) in [4.78, 5) is 12.6. The number of allylic oxidation sites excluding steroid dienone is 1. The highest BCUT2D eigenvalue weighted by Crippen LogP contribution is 2.47. The number of ether oxygens (including phenoxy) is 1. The van der Waals surface area contributed by atoms with Crippen molar-refractivity contribution >= 4 is 29.2 Å². The van der Waals surface area contributed by atoms with Crippen LogP contribution in [-0.2, 0) is 9.53 Å². The van der Waals surface area contributed by atoms with Gasteiger partial charge in [-0.1, -0.05) is 53.5 Å². The van der Waals surface area contributed by atoms with Crippen LogP contribution >= 0.6 is 23.2 Å². The van der Waals surface area contributed by atoms with E-state index in [1.54, 1.807) is 0 Å². The predicted octanol–water partition coefficient (Wildman–Crippen LogP) is 6.14. The van der Waals surface area contributed by atoms with E-state index < -0.39 is 0 Å². The molecule has 2 nitrogen and oxygen atoms in total. The number of carbonyl (C=O) groups is 1. The topological polar surface area (TPSA) is 26.3 Å². The number of rotatable bonds is 4. The summed E-state index contributed by atoms with van der Waals surface area (Å²) >= 11 is 12.1. The molecular formula is C21H20Cl2O2. The zero-order valence-electron chi connectivity index (χ0n) is 14.2. The van der Waals surface area contributed by atoms with Gasteiger partial charge >= 0.3 is 5.97 Å². The van der Waals surface area contributed by atoms with Crippen molar-refractivity contribution in [3.8, 4) is 0 Å². The first-order chi connectivity index (χ1) is 12.0. The zero-order valence-corrected chi connectivity index (χ0v) is 15.7. The average Bonchev–Trinajstić information content (AvgIpc) is 3.00. The summed E-state index contributed by atoms with van der Waals surface area (Å²) in [5.74, 6) is -0.121. The molecule has 3 rings (SSSR count). The summed E-state index contributed by atoms with van der Waals surface area (Å²) in [6, 6.07) is 15.5. The molecule has 1 aliphatic carbocycles. The van der Waals surface area contributed by atoms with Crippen LogP contribution in [0, 0.1) is 0 Å². The Balaban J connectivity index is 1.98. The van der Waals surface area contributed by atoms with Crippen LogP contribution in [0.2, 0.25) is 10.0 Å². The molecule has 4 heteroatoms. The summed E-state index contributed by atoms with van der Waals surface area (Å²) < 4.78 is 5.46. The van der Waals surface area contributed by atoms with Crippen LogP contribution in [0.5, 0.6) is 0 Å². The third-order valence-corrected chi connectivity index (χ3v) is 4.94. The van der Waals surface area contributed by atoms with Crippen molar-refractivity contribution in [1.29, 1.82) is 0 Å². The Hall–Kier alpha value is -1.77. The van der Waals surface area contributed by atoms with Crippen molar-refractivity contribution in [3.05, 3.63) is 81.4 Å². The summed E-state index contributed by atoms with van der Waals surface area (Å²) in [5, 5.41) is 1.39. The number of benzene rings is 2. The van der Waals surface area contributed by atoms with Gasteiger partial charge in [0, 0.05) is 21.5 Å². The first-order valence-corrected chi connectivity index (χ1v) is 9.13. The van der Waals surface area contributed by atoms with E-state index in [4.69, 9.17) is 27.9 Å². The van der Waals surface area contributed by atoms with Crippen LogP contribution in [0.3, 0.4) is 0 Å². The second-order valence-corrected chi connectivity index (χ2v) is 7.41. The molecule has 25 heavy (non-hydrogen) atoms. The largest absolute Gasteiger partial charge is 0.460 e. The van der Waals surface area contributed by atoms with E-state index in [2.05, 4.69) is 0 Å². The molecule has 1 aliphatic rings. The third-order valence-electron chi connectivity index (χ3n) is 4.43. The Morgan fingerprint density at radius 3 is 2.00 bits per heavy atom. The highest BCUT2D eigenvalue weighted by atomic mass is 35.5. The number of esters is 1. The Labute approximate surface area is 158 Å². The van der Waals surface area contributed by atoms with Gasteiger partial charge in [-0.05, 0) is 61.6 Å². The van der Waals surface area contributed by atoms with Gasteiger partial charge in [-0.25, -0.2) is 4.79 Å². The van der Waals surface area contributed by atoms with Crippen LogP contribution in [0.15, 0.2) is 60.2 Å². The van der Waals surface area contributed by atoms with E-state index in [0.29, 0.717) is 10.0 Å². The van der Waals surface area contributed by atoms with Crippen molar-refractivity contribution in [2.24, 2.45) is 0 Å². The van der Waals surface area contributed by atoms with E-state index in [1.165, 1.54) is 0 Å². The van der Waals surface area contributed by atoms with Gasteiger partial charge in [0.1, 0.15) is 0 Å². The molecule has 0 N–H and O–H groups in total. The molecule has 0 radical (unpaired) electrons. The highest BCUT2D eigenvalue weighted by molar-refractivity contribution is 6.30. The van der Waals surface area contributed by atoms with E-state index >= 15 is 0 Å². The lowest BCUT2D eigenvalue weighted by molar-refractivity contribution is -0.142. The highest BCUT2D eigenvalue weighted by Gasteiger charge is 2.36. The SMILES string of the molecule is CC(C)OC(=O)C1=CC[C@@H](c2ccc(Cl)cc2)[C@H]1c1ccc(Cl)cc1. The van der Waals surface area contributed by atoms with E-state index in [9.17, 15) is 4.79 Å². The number of hydrogen-bond acceptors (Lipinski definition) is 2. The Morgan fingerprint density at radius 2 is 1.48 bits per heavy atom. The molecule has 0 bridgehead atoms. The maximum absolute atomic E-state index is 12.6. The second kappa shape index (κ2) is 7.63. The molecule has 0 fully saturated rings. The molecule has 0 unspecified atom stereocenters. The first kappa shape index (κ1) is 18.0. The molecular weight excluding hydrogens is 355 g/mol. The van der Waals surface area contributed by atoms with Gasteiger partial charge in [-0.2, -0.15) is 0 Å². The third kappa shape index (κ3) is 4.08. The lowest BCUT2D eigenvalue weighted by Gasteiger charge is -2.24. The minimum atomic E-state index is -0.244. The number of halogens is 2. The van der Waals surface area contributed by atoms with Crippen LogP contribution in [-0.4, -0.2) is 12.1 Å². The predicted molar refractivity (Wildman–Crippen MR) is 102 cm³/mol. The average molecular weight is 375 g/mol. The summed E-state index contributed by atoms with van der Waals surface area (Å²) in [6.07, 6.45) is 2.65. The molecule has 2 aromatic rings. The maximum Gasteiger partial charge on any atom is 0.334 e. The Morgan fingerprint density at radius 1 is 0.960 bits per heavy atom. The van der Waals surface area contributed by atoms with Crippen molar-refractivity contribution in [1.82, 2.24) is 0 Å². The quantitative estimate of drug-likeness (QED) is 0.600. The molecule has 2 aromatic carbocycles. The van der Waals surface area contributed by atoms with Crippen molar-refractivity contribution in [2.75, 3.05) is 0 Å². The van der Waals surface area contributed by atoms with E-state index in [0.717, 1.165) is 23.1 Å². The summed E-state index contributed by atoms with van der Waals surface area (Å²) in [5.41, 5.74) is 2.94. The van der Waals surface area contributed by atoms with Gasteiger partial charge in [0.2, 0.25) is 0 Å². The van der Waals surface area contributed by atoms with Crippen LogP contribution < -0.4 is 0 Å². The number of carbonyl (C=O) groups excluding carboxylic acids is 1. The molecule has 0 saturated heterocycles. The monoisotopic (exact) mass is 374 g/mol. The van der Waals surface area contributed by atoms with Crippen LogP contribution in [0.1, 0.15) is 43.2 Å². The molecule has 2 atom stereocenters. The summed E-state index contributed by atoms with van der Waals surface area (Å²) in [7, 11) is 0. The first-order valence-electron chi connectivity index (χ1n) is 8.37. The fourth-order valence-corrected chi connectivity index (χ4v) is 3.60. The van der Waals surface area contributed by atoms with E-state index in [1.807, 2.05) is 68.5 Å². The molecule has 130 valence electrons. The molecule has 0 aliphatic heterocycles. The van der Waals surface area contributed by atoms with Gasteiger partial charge < -0.3 is 4.74 Å². The maximum atomic E-state index is 12.6. The fourth-order valence-electron chi connectivity index (χ4n) is 3.35. The van der Waals surface area contributed by atoms with E-state index in [-0.39, 0.29) is 23.9 Å². The molecule has 0 amide bonds. The van der Waals surface area contributed by atoms with Gasteiger partial charge in [-0.3, -0.25) is 0 Å². The number of hydrogen-bond donors (Lipinski definition) is 0. The Bertz CT molecular complexity index is 777. The second-order valence-electron chi connectivity index (χ2n) is 6.54.